The van der Waals surface area contributed by atoms with Crippen molar-refractivity contribution in [1.29, 1.82) is 5.26 Å². The van der Waals surface area contributed by atoms with Crippen molar-refractivity contribution in [1.82, 2.24) is 9.78 Å². The van der Waals surface area contributed by atoms with Crippen LogP contribution in [0.5, 0.6) is 0 Å². The maximum atomic E-state index is 12.1. The Hall–Kier alpha value is -1.84. The number of anilines is 1. The number of carbonyl (C=O) groups is 1. The Labute approximate surface area is 122 Å². The molecule has 0 bridgehead atoms. The lowest BCUT2D eigenvalue weighted by molar-refractivity contribution is 0.102. The van der Waals surface area contributed by atoms with Crippen molar-refractivity contribution in [2.45, 2.75) is 0 Å². The first-order valence-corrected chi connectivity index (χ1v) is 6.38. The molecule has 0 saturated carbocycles. The Morgan fingerprint density at radius 1 is 1.58 bits per heavy atom. The molecule has 0 aliphatic rings. The molecular formula is C12H8BrClN4O. The molecule has 0 unspecified atom stereocenters. The van der Waals surface area contributed by atoms with E-state index in [1.165, 1.54) is 10.9 Å². The second kappa shape index (κ2) is 5.43. The molecule has 0 atom stereocenters. The van der Waals surface area contributed by atoms with Gasteiger partial charge >= 0.3 is 0 Å². The summed E-state index contributed by atoms with van der Waals surface area (Å²) in [4.78, 5) is 12.1. The highest BCUT2D eigenvalue weighted by atomic mass is 79.9. The first kappa shape index (κ1) is 13.6. The zero-order valence-electron chi connectivity index (χ0n) is 9.82. The van der Waals surface area contributed by atoms with E-state index < -0.39 is 0 Å². The van der Waals surface area contributed by atoms with Gasteiger partial charge in [0.15, 0.2) is 0 Å². The molecule has 0 fully saturated rings. The summed E-state index contributed by atoms with van der Waals surface area (Å²) in [6.45, 7) is 0. The van der Waals surface area contributed by atoms with Crippen LogP contribution in [0.15, 0.2) is 28.9 Å². The Bertz CT molecular complexity index is 690. The number of nitrogens with zero attached hydrogens (tertiary/aromatic N) is 3. The second-order valence-electron chi connectivity index (χ2n) is 3.73. The minimum atomic E-state index is -0.352. The molecule has 5 nitrogen and oxygen atoms in total. The molecule has 2 aromatic rings. The highest BCUT2D eigenvalue weighted by molar-refractivity contribution is 9.10. The topological polar surface area (TPSA) is 70.7 Å². The fraction of sp³-hybridized carbons (Fsp3) is 0.0833. The molecule has 1 aromatic carbocycles. The molecule has 1 aromatic heterocycles. The first-order chi connectivity index (χ1) is 9.02. The molecule has 0 spiro atoms. The highest BCUT2D eigenvalue weighted by Gasteiger charge is 2.13. The zero-order valence-corrected chi connectivity index (χ0v) is 12.2. The number of nitriles is 1. The van der Waals surface area contributed by atoms with Crippen molar-refractivity contribution in [3.63, 3.8) is 0 Å². The van der Waals surface area contributed by atoms with E-state index in [9.17, 15) is 4.79 Å². The van der Waals surface area contributed by atoms with Gasteiger partial charge in [-0.2, -0.15) is 10.4 Å². The van der Waals surface area contributed by atoms with Gasteiger partial charge in [-0.1, -0.05) is 11.6 Å². The number of amides is 1. The summed E-state index contributed by atoms with van der Waals surface area (Å²) in [5.41, 5.74) is 0.706. The summed E-state index contributed by atoms with van der Waals surface area (Å²) in [6, 6.07) is 6.83. The number of benzene rings is 1. The van der Waals surface area contributed by atoms with Crippen LogP contribution in [-0.2, 0) is 7.05 Å². The maximum absolute atomic E-state index is 12.1. The normalized spacial score (nSPS) is 10.0. The fourth-order valence-electron chi connectivity index (χ4n) is 1.48. The lowest BCUT2D eigenvalue weighted by Crippen LogP contribution is -2.15. The molecular weight excluding hydrogens is 332 g/mol. The summed E-state index contributed by atoms with van der Waals surface area (Å²) in [7, 11) is 1.64. The minimum absolute atomic E-state index is 0.305. The van der Waals surface area contributed by atoms with Crippen LogP contribution in [0.4, 0.5) is 5.82 Å². The number of aryl methyl sites for hydroxylation is 1. The van der Waals surface area contributed by atoms with Crippen LogP contribution in [0.25, 0.3) is 0 Å². The summed E-state index contributed by atoms with van der Waals surface area (Å²) < 4.78 is 2.14. The average Bonchev–Trinajstić information content (AvgIpc) is 2.74. The van der Waals surface area contributed by atoms with Gasteiger partial charge in [0.05, 0.1) is 11.2 Å². The van der Waals surface area contributed by atoms with Crippen LogP contribution in [0.1, 0.15) is 15.9 Å². The Morgan fingerprint density at radius 2 is 2.32 bits per heavy atom. The van der Waals surface area contributed by atoms with Crippen LogP contribution < -0.4 is 5.32 Å². The predicted octanol–water partition coefficient (Wildman–Crippen LogP) is 2.96. The highest BCUT2D eigenvalue weighted by Crippen LogP contribution is 2.24. The molecule has 2 rings (SSSR count). The molecule has 7 heteroatoms. The molecule has 0 radical (unpaired) electrons. The monoisotopic (exact) mass is 338 g/mol. The standard InChI is InChI=1S/C12H8BrClN4O/c1-18-11(8(5-15)6-16-18)17-12(19)7-2-3-9(13)10(14)4-7/h2-4,6H,1H3,(H,17,19). The molecule has 1 heterocycles. The minimum Gasteiger partial charge on any atom is -0.306 e. The molecule has 96 valence electrons. The molecule has 1 N–H and O–H groups in total. The number of hydrogen-bond acceptors (Lipinski definition) is 3. The van der Waals surface area contributed by atoms with Gasteiger partial charge in [0.25, 0.3) is 5.91 Å². The van der Waals surface area contributed by atoms with Gasteiger partial charge in [-0.3, -0.25) is 9.48 Å². The molecule has 0 aliphatic carbocycles. The molecule has 1 amide bonds. The quantitative estimate of drug-likeness (QED) is 0.914. The van der Waals surface area contributed by atoms with E-state index in [1.54, 1.807) is 25.2 Å². The van der Waals surface area contributed by atoms with Crippen molar-refractivity contribution in [2.75, 3.05) is 5.32 Å². The SMILES string of the molecule is Cn1ncc(C#N)c1NC(=O)c1ccc(Br)c(Cl)c1. The third kappa shape index (κ3) is 2.78. The second-order valence-corrected chi connectivity index (χ2v) is 4.99. The third-order valence-electron chi connectivity index (χ3n) is 2.47. The number of hydrogen-bond donors (Lipinski definition) is 1. The predicted molar refractivity (Wildman–Crippen MR) is 75.0 cm³/mol. The number of rotatable bonds is 2. The van der Waals surface area contributed by atoms with Crippen molar-refractivity contribution in [3.8, 4) is 6.07 Å². The zero-order chi connectivity index (χ0) is 14.0. The maximum Gasteiger partial charge on any atom is 0.256 e. The van der Waals surface area contributed by atoms with E-state index in [2.05, 4.69) is 26.3 Å². The van der Waals surface area contributed by atoms with E-state index in [1.807, 2.05) is 6.07 Å². The van der Waals surface area contributed by atoms with E-state index in [0.717, 1.165) is 0 Å². The van der Waals surface area contributed by atoms with Gasteiger partial charge in [-0.15, -0.1) is 0 Å². The van der Waals surface area contributed by atoms with E-state index >= 15 is 0 Å². The summed E-state index contributed by atoms with van der Waals surface area (Å²) in [5, 5.41) is 15.9. The van der Waals surface area contributed by atoms with Crippen molar-refractivity contribution in [2.24, 2.45) is 7.05 Å². The molecule has 19 heavy (non-hydrogen) atoms. The number of nitrogens with one attached hydrogen (secondary N) is 1. The van der Waals surface area contributed by atoms with E-state index in [0.29, 0.717) is 26.4 Å². The smallest absolute Gasteiger partial charge is 0.256 e. The van der Waals surface area contributed by atoms with Crippen LogP contribution in [0, 0.1) is 11.3 Å². The Balaban J connectivity index is 2.28. The van der Waals surface area contributed by atoms with Crippen molar-refractivity contribution < 1.29 is 4.79 Å². The number of carbonyl (C=O) groups excluding carboxylic acids is 1. The lowest BCUT2D eigenvalue weighted by Gasteiger charge is -2.06. The fourth-order valence-corrected chi connectivity index (χ4v) is 1.91. The lowest BCUT2D eigenvalue weighted by atomic mass is 10.2. The van der Waals surface area contributed by atoms with Crippen molar-refractivity contribution >= 4 is 39.3 Å². The first-order valence-electron chi connectivity index (χ1n) is 5.21. The Morgan fingerprint density at radius 3 is 2.95 bits per heavy atom. The van der Waals surface area contributed by atoms with Gasteiger partial charge < -0.3 is 5.32 Å². The van der Waals surface area contributed by atoms with Crippen LogP contribution >= 0.6 is 27.5 Å². The average molecular weight is 340 g/mol. The van der Waals surface area contributed by atoms with Gasteiger partial charge in [0, 0.05) is 17.1 Å². The molecule has 0 aliphatic heterocycles. The number of aromatic nitrogens is 2. The van der Waals surface area contributed by atoms with Crippen molar-refractivity contribution in [3.05, 3.63) is 45.0 Å². The molecule has 0 saturated heterocycles. The van der Waals surface area contributed by atoms with Gasteiger partial charge in [-0.05, 0) is 34.1 Å². The van der Waals surface area contributed by atoms with E-state index in [4.69, 9.17) is 16.9 Å². The summed E-state index contributed by atoms with van der Waals surface area (Å²) in [5.74, 6) is 0.000964. The Kier molecular flexibility index (Phi) is 3.88. The largest absolute Gasteiger partial charge is 0.306 e. The van der Waals surface area contributed by atoms with Crippen LogP contribution in [-0.4, -0.2) is 15.7 Å². The third-order valence-corrected chi connectivity index (χ3v) is 3.71. The van der Waals surface area contributed by atoms with Crippen LogP contribution in [0.3, 0.4) is 0 Å². The van der Waals surface area contributed by atoms with Gasteiger partial charge in [0.2, 0.25) is 0 Å². The summed E-state index contributed by atoms with van der Waals surface area (Å²) >= 11 is 9.19. The summed E-state index contributed by atoms with van der Waals surface area (Å²) in [6.07, 6.45) is 1.39. The number of halogens is 2. The van der Waals surface area contributed by atoms with Gasteiger partial charge in [-0.25, -0.2) is 0 Å². The van der Waals surface area contributed by atoms with Gasteiger partial charge in [0.1, 0.15) is 17.5 Å². The van der Waals surface area contributed by atoms with E-state index in [-0.39, 0.29) is 5.91 Å². The van der Waals surface area contributed by atoms with Crippen LogP contribution in [0.2, 0.25) is 5.02 Å².